The van der Waals surface area contributed by atoms with Gasteiger partial charge in [-0.15, -0.1) is 13.2 Å². The average Bonchev–Trinajstić information content (AvgIpc) is 2.63. The van der Waals surface area contributed by atoms with Crippen LogP contribution in [0.25, 0.3) is 5.57 Å². The van der Waals surface area contributed by atoms with Gasteiger partial charge in [-0.3, -0.25) is 0 Å². The molecule has 138 valence electrons. The molecule has 0 aliphatic carbocycles. The van der Waals surface area contributed by atoms with Crippen molar-refractivity contribution in [3.05, 3.63) is 66.2 Å². The van der Waals surface area contributed by atoms with Crippen LogP contribution in [0.1, 0.15) is 18.4 Å². The summed E-state index contributed by atoms with van der Waals surface area (Å²) >= 11 is 0. The minimum Gasteiger partial charge on any atom is -0.406 e. The van der Waals surface area contributed by atoms with E-state index in [9.17, 15) is 13.2 Å². The van der Waals surface area contributed by atoms with Gasteiger partial charge in [-0.25, -0.2) is 0 Å². The Hall–Kier alpha value is -2.47. The summed E-state index contributed by atoms with van der Waals surface area (Å²) in [5, 5.41) is 6.72. The van der Waals surface area contributed by atoms with Crippen LogP contribution in [-0.2, 0) is 0 Å². The van der Waals surface area contributed by atoms with Crippen LogP contribution in [0.5, 0.6) is 5.75 Å². The number of nitrogens with one attached hydrogen (secondary N) is 2. The summed E-state index contributed by atoms with van der Waals surface area (Å²) in [6.07, 6.45) is -0.556. The third-order valence-electron chi connectivity index (χ3n) is 4.28. The minimum atomic E-state index is -4.66. The first-order valence-electron chi connectivity index (χ1n) is 8.57. The van der Waals surface area contributed by atoms with Gasteiger partial charge in [0.2, 0.25) is 0 Å². The van der Waals surface area contributed by atoms with E-state index in [0.717, 1.165) is 31.6 Å². The molecule has 26 heavy (non-hydrogen) atoms. The highest BCUT2D eigenvalue weighted by Crippen LogP contribution is 2.25. The van der Waals surface area contributed by atoms with Crippen molar-refractivity contribution in [3.63, 3.8) is 0 Å². The third-order valence-corrected chi connectivity index (χ3v) is 4.28. The van der Waals surface area contributed by atoms with Crippen LogP contribution < -0.4 is 15.4 Å². The van der Waals surface area contributed by atoms with E-state index in [1.807, 2.05) is 18.2 Å². The normalized spacial score (nSPS) is 17.5. The highest BCUT2D eigenvalue weighted by Gasteiger charge is 2.30. The average molecular weight is 362 g/mol. The number of alkyl halides is 3. The lowest BCUT2D eigenvalue weighted by Gasteiger charge is -2.25. The molecule has 1 heterocycles. The fraction of sp³-hybridized carbons (Fsp3) is 0.300. The molecular weight excluding hydrogens is 341 g/mol. The molecule has 3 rings (SSSR count). The molecule has 0 radical (unpaired) electrons. The summed E-state index contributed by atoms with van der Waals surface area (Å²) in [5.41, 5.74) is 3.38. The maximum atomic E-state index is 12.2. The van der Waals surface area contributed by atoms with Crippen LogP contribution in [0.2, 0.25) is 0 Å². The molecule has 3 nitrogen and oxygen atoms in total. The largest absolute Gasteiger partial charge is 0.573 e. The van der Waals surface area contributed by atoms with Crippen molar-refractivity contribution in [1.82, 2.24) is 5.32 Å². The number of benzene rings is 2. The molecule has 0 bridgehead atoms. The van der Waals surface area contributed by atoms with Crippen LogP contribution in [0.4, 0.5) is 18.9 Å². The molecule has 0 aromatic heterocycles. The molecule has 0 spiro atoms. The topological polar surface area (TPSA) is 33.3 Å². The Morgan fingerprint density at radius 3 is 2.46 bits per heavy atom. The Morgan fingerprint density at radius 2 is 1.77 bits per heavy atom. The second-order valence-corrected chi connectivity index (χ2v) is 6.19. The lowest BCUT2D eigenvalue weighted by Crippen LogP contribution is -2.34. The monoisotopic (exact) mass is 362 g/mol. The first kappa shape index (κ1) is 18.3. The smallest absolute Gasteiger partial charge is 0.406 e. The molecule has 1 atom stereocenters. The summed E-state index contributed by atoms with van der Waals surface area (Å²) in [5.74, 6) is -0.213. The Labute approximate surface area is 150 Å². The molecule has 2 aromatic rings. The molecule has 1 aliphatic heterocycles. The molecular formula is C20H21F3N2O. The predicted molar refractivity (Wildman–Crippen MR) is 97.1 cm³/mol. The highest BCUT2D eigenvalue weighted by molar-refractivity contribution is 5.66. The molecule has 2 aromatic carbocycles. The molecule has 6 heteroatoms. The zero-order valence-corrected chi connectivity index (χ0v) is 14.2. The fourth-order valence-electron chi connectivity index (χ4n) is 3.03. The van der Waals surface area contributed by atoms with Crippen molar-refractivity contribution in [2.45, 2.75) is 25.2 Å². The van der Waals surface area contributed by atoms with Crippen LogP contribution in [0.15, 0.2) is 60.7 Å². The van der Waals surface area contributed by atoms with E-state index >= 15 is 0 Å². The lowest BCUT2D eigenvalue weighted by molar-refractivity contribution is -0.274. The van der Waals surface area contributed by atoms with Gasteiger partial charge in [0.25, 0.3) is 0 Å². The second kappa shape index (κ2) is 8.27. The van der Waals surface area contributed by atoms with Gasteiger partial charge >= 0.3 is 6.36 Å². The molecule has 2 N–H and O–H groups in total. The van der Waals surface area contributed by atoms with Crippen LogP contribution >= 0.6 is 0 Å². The van der Waals surface area contributed by atoms with Gasteiger partial charge in [0.15, 0.2) is 0 Å². The van der Waals surface area contributed by atoms with E-state index < -0.39 is 6.36 Å². The van der Waals surface area contributed by atoms with Crippen molar-refractivity contribution in [3.8, 4) is 5.75 Å². The van der Waals surface area contributed by atoms with E-state index in [-0.39, 0.29) is 5.75 Å². The van der Waals surface area contributed by atoms with Crippen molar-refractivity contribution in [1.29, 1.82) is 0 Å². The van der Waals surface area contributed by atoms with E-state index in [1.54, 1.807) is 12.1 Å². The summed E-state index contributed by atoms with van der Waals surface area (Å²) in [6.45, 7) is 1.58. The first-order chi connectivity index (χ1) is 12.5. The number of halogens is 3. The van der Waals surface area contributed by atoms with E-state index in [1.165, 1.54) is 23.3 Å². The van der Waals surface area contributed by atoms with E-state index in [4.69, 9.17) is 0 Å². The minimum absolute atomic E-state index is 0.213. The van der Waals surface area contributed by atoms with Gasteiger partial charge < -0.3 is 15.4 Å². The second-order valence-electron chi connectivity index (χ2n) is 6.19. The SMILES string of the molecule is FC(F)(F)Oc1ccc(NCCC2CC(c3ccccc3)=CCN2)cc1. The van der Waals surface area contributed by atoms with Crippen LogP contribution in [0, 0.1) is 0 Å². The standard InChI is InChI=1S/C20H21F3N2O/c21-20(22,23)26-19-8-6-17(7-9-19)24-13-11-18-14-16(10-12-25-18)15-4-2-1-3-5-15/h1-10,18,24-25H,11-14H2. The number of rotatable bonds is 6. The fourth-order valence-corrected chi connectivity index (χ4v) is 3.03. The maximum absolute atomic E-state index is 12.2. The molecule has 0 saturated carbocycles. The molecule has 1 unspecified atom stereocenters. The molecule has 0 fully saturated rings. The van der Waals surface area contributed by atoms with Crippen molar-refractivity contribution >= 4 is 11.3 Å². The number of hydrogen-bond donors (Lipinski definition) is 2. The van der Waals surface area contributed by atoms with E-state index in [2.05, 4.69) is 33.6 Å². The lowest BCUT2D eigenvalue weighted by atomic mass is 9.94. The quantitative estimate of drug-likeness (QED) is 0.772. The van der Waals surface area contributed by atoms with Gasteiger partial charge in [0, 0.05) is 24.8 Å². The summed E-state index contributed by atoms with van der Waals surface area (Å²) in [4.78, 5) is 0. The first-order valence-corrected chi connectivity index (χ1v) is 8.57. The van der Waals surface area contributed by atoms with Gasteiger partial charge in [0.05, 0.1) is 0 Å². The molecule has 0 saturated heterocycles. The van der Waals surface area contributed by atoms with Crippen molar-refractivity contribution in [2.75, 3.05) is 18.4 Å². The molecule has 0 amide bonds. The van der Waals surface area contributed by atoms with Crippen LogP contribution in [0.3, 0.4) is 0 Å². The Bertz CT molecular complexity index is 727. The Kier molecular flexibility index (Phi) is 5.83. The van der Waals surface area contributed by atoms with Crippen molar-refractivity contribution in [2.24, 2.45) is 0 Å². The van der Waals surface area contributed by atoms with Gasteiger partial charge in [0.1, 0.15) is 5.75 Å². The third kappa shape index (κ3) is 5.52. The van der Waals surface area contributed by atoms with Gasteiger partial charge in [-0.1, -0.05) is 36.4 Å². The number of hydrogen-bond acceptors (Lipinski definition) is 3. The Morgan fingerprint density at radius 1 is 1.04 bits per heavy atom. The summed E-state index contributed by atoms with van der Waals surface area (Å²) in [7, 11) is 0. The maximum Gasteiger partial charge on any atom is 0.573 e. The summed E-state index contributed by atoms with van der Waals surface area (Å²) in [6, 6.07) is 16.5. The van der Waals surface area contributed by atoms with Gasteiger partial charge in [-0.05, 0) is 48.2 Å². The molecule has 1 aliphatic rings. The highest BCUT2D eigenvalue weighted by atomic mass is 19.4. The number of anilines is 1. The predicted octanol–water partition coefficient (Wildman–Crippen LogP) is 4.83. The number of ether oxygens (including phenoxy) is 1. The zero-order chi connectivity index (χ0) is 18.4. The summed E-state index contributed by atoms with van der Waals surface area (Å²) < 4.78 is 40.3. The van der Waals surface area contributed by atoms with E-state index in [0.29, 0.717) is 6.04 Å². The van der Waals surface area contributed by atoms with Crippen molar-refractivity contribution < 1.29 is 17.9 Å². The van der Waals surface area contributed by atoms with Crippen LogP contribution in [-0.4, -0.2) is 25.5 Å². The zero-order valence-electron chi connectivity index (χ0n) is 14.2. The Balaban J connectivity index is 1.46. The van der Waals surface area contributed by atoms with Gasteiger partial charge in [-0.2, -0.15) is 0 Å².